The lowest BCUT2D eigenvalue weighted by atomic mass is 10.0. The van der Waals surface area contributed by atoms with E-state index >= 15 is 0 Å². The van der Waals surface area contributed by atoms with E-state index in [4.69, 9.17) is 16.2 Å². The Kier molecular flexibility index (Phi) is 25.6. The van der Waals surface area contributed by atoms with Gasteiger partial charge in [0.15, 0.2) is 5.96 Å². The molecular formula is C61H87N15O13. The number of phenolic OH excluding ortho intramolecular Hbond substituents is 1. The van der Waals surface area contributed by atoms with Crippen LogP contribution in [0.2, 0.25) is 0 Å². The molecule has 3 aliphatic rings. The molecule has 3 aromatic rings. The molecule has 28 nitrogen and oxygen atoms in total. The minimum absolute atomic E-state index is 0.0600. The van der Waals surface area contributed by atoms with Gasteiger partial charge in [0.25, 0.3) is 0 Å². The van der Waals surface area contributed by atoms with Crippen molar-refractivity contribution in [1.29, 1.82) is 0 Å². The van der Waals surface area contributed by atoms with Crippen LogP contribution in [0.4, 0.5) is 0 Å². The number of nitrogens with two attached hydrogens (primary N) is 2. The van der Waals surface area contributed by atoms with Crippen molar-refractivity contribution in [3.8, 4) is 5.75 Å². The average Bonchev–Trinajstić information content (AvgIpc) is 2.55. The molecular weight excluding hydrogens is 1150 g/mol. The summed E-state index contributed by atoms with van der Waals surface area (Å²) < 4.78 is 6.04. The lowest BCUT2D eigenvalue weighted by Crippen LogP contribution is -2.62. The maximum atomic E-state index is 14.8. The number of H-pyrrole nitrogens is 1. The molecule has 1 aromatic heterocycles. The van der Waals surface area contributed by atoms with Crippen LogP contribution in [-0.2, 0) is 65.5 Å². The highest BCUT2D eigenvalue weighted by Crippen LogP contribution is 2.23. The lowest BCUT2D eigenvalue weighted by Gasteiger charge is -2.31. The number of ether oxygens (including phenoxy) is 1. The third kappa shape index (κ3) is 21.1. The number of aromatic hydroxyl groups is 1. The number of rotatable bonds is 32. The van der Waals surface area contributed by atoms with Gasteiger partial charge in [0.1, 0.15) is 60.1 Å². The molecule has 28 heteroatoms. The zero-order chi connectivity index (χ0) is 65.0. The molecule has 89 heavy (non-hydrogen) atoms. The first-order valence-electron chi connectivity index (χ1n) is 30.2. The summed E-state index contributed by atoms with van der Waals surface area (Å²) in [5.74, 6) is -7.64. The number of aliphatic hydroxyl groups excluding tert-OH is 1. The minimum Gasteiger partial charge on any atom is -0.508 e. The topological polar surface area (TPSA) is 424 Å². The number of nitrogens with one attached hydrogen (secondary N) is 10. The first-order valence-corrected chi connectivity index (χ1v) is 30.2. The minimum atomic E-state index is -1.77. The van der Waals surface area contributed by atoms with Crippen LogP contribution in [0.5, 0.6) is 5.75 Å². The number of benzene rings is 2. The number of phenols is 1. The number of hydrogen-bond acceptors (Lipinski definition) is 15. The van der Waals surface area contributed by atoms with Gasteiger partial charge in [-0.05, 0) is 101 Å². The van der Waals surface area contributed by atoms with E-state index in [-0.39, 0.29) is 93.9 Å². The number of nitrogens with zero attached hydrogens (tertiary/aromatic N) is 3. The maximum absolute atomic E-state index is 14.8. The zero-order valence-electron chi connectivity index (χ0n) is 51.3. The first kappa shape index (κ1) is 69.2. The molecule has 10 amide bonds. The number of aliphatic imine (C=N–C) groups is 2. The second kappa shape index (κ2) is 32.9. The molecule has 2 aromatic carbocycles. The van der Waals surface area contributed by atoms with Crippen LogP contribution in [0.1, 0.15) is 110 Å². The van der Waals surface area contributed by atoms with Crippen LogP contribution in [0.25, 0.3) is 10.9 Å². The van der Waals surface area contributed by atoms with E-state index in [9.17, 15) is 58.2 Å². The summed E-state index contributed by atoms with van der Waals surface area (Å²) in [4.78, 5) is 153. The molecule has 16 N–H and O–H groups in total. The summed E-state index contributed by atoms with van der Waals surface area (Å²) >= 11 is 0. The Morgan fingerprint density at radius 2 is 1.37 bits per heavy atom. The van der Waals surface area contributed by atoms with E-state index in [2.05, 4.69) is 62.8 Å². The van der Waals surface area contributed by atoms with Crippen LogP contribution in [0, 0.1) is 5.92 Å². The van der Waals surface area contributed by atoms with E-state index in [1.807, 2.05) is 19.9 Å². The molecule has 2 saturated heterocycles. The number of carbonyl (C=O) groups is 10. The van der Waals surface area contributed by atoms with Gasteiger partial charge in [0.05, 0.1) is 18.8 Å². The Bertz CT molecular complexity index is 3100. The zero-order valence-corrected chi connectivity index (χ0v) is 51.3. The number of likely N-dealkylation sites (N-methyl/N-ethyl adjacent to an activating group) is 1. The average molecular weight is 1240 g/mol. The Labute approximate surface area is 516 Å². The fraction of sp³-hybridized carbons (Fsp3) is 0.541. The van der Waals surface area contributed by atoms with Gasteiger partial charge in [-0.1, -0.05) is 50.3 Å². The Hall–Kier alpha value is -8.92. The highest BCUT2D eigenvalue weighted by Gasteiger charge is 2.40. The molecule has 0 radical (unpaired) electrons. The second-order valence-corrected chi connectivity index (χ2v) is 23.7. The Balaban J connectivity index is 1.24. The molecule has 2 fully saturated rings. The van der Waals surface area contributed by atoms with Crippen molar-refractivity contribution in [2.75, 3.05) is 32.8 Å². The maximum Gasteiger partial charge on any atom is 0.245 e. The second-order valence-electron chi connectivity index (χ2n) is 23.7. The van der Waals surface area contributed by atoms with Crippen LogP contribution in [-0.4, -0.2) is 184 Å². The molecule has 0 spiro atoms. The highest BCUT2D eigenvalue weighted by atomic mass is 16.5. The number of allylic oxidation sites excluding steroid dienone is 1. The van der Waals surface area contributed by atoms with E-state index < -0.39 is 120 Å². The van der Waals surface area contributed by atoms with Gasteiger partial charge < -0.3 is 84.2 Å². The van der Waals surface area contributed by atoms with Gasteiger partial charge in [-0.25, -0.2) is 0 Å². The van der Waals surface area contributed by atoms with Crippen molar-refractivity contribution in [3.05, 3.63) is 77.6 Å². The smallest absolute Gasteiger partial charge is 0.245 e. The largest absolute Gasteiger partial charge is 0.508 e. The van der Waals surface area contributed by atoms with E-state index in [1.165, 1.54) is 29.2 Å². The van der Waals surface area contributed by atoms with E-state index in [1.54, 1.807) is 64.4 Å². The van der Waals surface area contributed by atoms with Gasteiger partial charge in [-0.2, -0.15) is 0 Å². The van der Waals surface area contributed by atoms with Crippen LogP contribution in [0.15, 0.2) is 76.5 Å². The number of aromatic nitrogens is 1. The summed E-state index contributed by atoms with van der Waals surface area (Å²) in [6.07, 6.45) is 6.71. The third-order valence-electron chi connectivity index (χ3n) is 15.0. The van der Waals surface area contributed by atoms with E-state index in [0.29, 0.717) is 48.0 Å². The van der Waals surface area contributed by atoms with Crippen molar-refractivity contribution in [1.82, 2.24) is 57.7 Å². The van der Waals surface area contributed by atoms with Gasteiger partial charge in [-0.15, -0.1) is 0 Å². The standard InChI is InChI=1S/C61H87N15O13/c1-7-64-58(87)49-17-12-26-76(49)59(88)42(16-11-25-66-60(62)63)69-52(81)43(27-34(2)3)70-57(86)48(33-89-61(4,5)6)75-53(82)44(28-35-18-20-38(78)21-19-35)71-56(85)47(32-77)74-54(83)45(29-36-31-67-40-15-9-8-14-39(36)40)72-55(84)46(30-37-13-10-24-65-37)73-51(80)41-22-23-50(79)68-41/h8-9,13-15,18-21,24,31,34,41-49,67,77-78H,7,10-12,16-17,22-23,25-30,32-33H2,1-6H3,(H,64,87)(H,68,79)(H,69,81)(H,70,86)(H,71,85)(H,72,84)(H,73,80)(H,74,83)(H,75,82)(H4,62,63,66). The summed E-state index contributed by atoms with van der Waals surface area (Å²) in [5, 5.41) is 45.8. The predicted octanol–water partition coefficient (Wildman–Crippen LogP) is -0.886. The van der Waals surface area contributed by atoms with Gasteiger partial charge in [0, 0.05) is 80.7 Å². The molecule has 3 aliphatic heterocycles. The van der Waals surface area contributed by atoms with Crippen LogP contribution >= 0.6 is 0 Å². The summed E-state index contributed by atoms with van der Waals surface area (Å²) in [7, 11) is 0. The molecule has 484 valence electrons. The highest BCUT2D eigenvalue weighted by molar-refractivity contribution is 5.99. The Morgan fingerprint density at radius 3 is 1.99 bits per heavy atom. The summed E-state index contributed by atoms with van der Waals surface area (Å²) in [6.45, 7) is 9.81. The quantitative estimate of drug-likeness (QED) is 0.0205. The van der Waals surface area contributed by atoms with Gasteiger partial charge >= 0.3 is 0 Å². The van der Waals surface area contributed by atoms with Crippen LogP contribution < -0.4 is 59.3 Å². The van der Waals surface area contributed by atoms with Crippen molar-refractivity contribution in [2.24, 2.45) is 27.4 Å². The number of carbonyl (C=O) groups excluding carboxylic acids is 10. The molecule has 0 bridgehead atoms. The first-order chi connectivity index (χ1) is 42.3. The normalized spacial score (nSPS) is 17.8. The van der Waals surface area contributed by atoms with Crippen molar-refractivity contribution >= 4 is 82.1 Å². The lowest BCUT2D eigenvalue weighted by molar-refractivity contribution is -0.142. The molecule has 9 atom stereocenters. The van der Waals surface area contributed by atoms with Crippen molar-refractivity contribution in [3.63, 3.8) is 0 Å². The Morgan fingerprint density at radius 1 is 0.764 bits per heavy atom. The molecule has 9 unspecified atom stereocenters. The predicted molar refractivity (Wildman–Crippen MR) is 330 cm³/mol. The van der Waals surface area contributed by atoms with Crippen molar-refractivity contribution < 1.29 is 62.9 Å². The number of likely N-dealkylation sites (tertiary alicyclic amines) is 1. The number of aliphatic hydroxyl groups is 1. The number of hydrogen-bond donors (Lipinski definition) is 14. The fourth-order valence-corrected chi connectivity index (χ4v) is 10.5. The number of guanidine groups is 1. The number of aromatic amines is 1. The molecule has 0 saturated carbocycles. The van der Waals surface area contributed by atoms with Gasteiger partial charge in [0.2, 0.25) is 59.1 Å². The number of para-hydroxylation sites is 1. The third-order valence-corrected chi connectivity index (χ3v) is 15.0. The summed E-state index contributed by atoms with van der Waals surface area (Å²) in [6, 6.07) is 1.13. The summed E-state index contributed by atoms with van der Waals surface area (Å²) in [5.41, 5.74) is 12.4. The van der Waals surface area contributed by atoms with Crippen molar-refractivity contribution in [2.45, 2.75) is 172 Å². The van der Waals surface area contributed by atoms with Crippen LogP contribution in [0.3, 0.4) is 0 Å². The number of amides is 10. The fourth-order valence-electron chi connectivity index (χ4n) is 10.5. The molecule has 0 aliphatic carbocycles. The SMILES string of the molecule is CCNC(=O)C1CCCN1C(=O)C(CCCN=C(N)N)NC(=O)C(CC(C)C)NC(=O)C(COC(C)(C)C)NC(=O)C(Cc1ccc(O)cc1)NC(=O)C(CO)NC(=O)C(Cc1c[nH]c2ccccc12)NC(=O)C(CC1=CCC=N1)NC(=O)C1CCC(=O)N1. The van der Waals surface area contributed by atoms with Gasteiger partial charge in [-0.3, -0.25) is 57.9 Å². The number of fused-ring (bicyclic) bond motifs is 1. The molecule has 4 heterocycles. The monoisotopic (exact) mass is 1240 g/mol. The molecule has 6 rings (SSSR count). The van der Waals surface area contributed by atoms with E-state index in [0.717, 1.165) is 5.52 Å².